The Morgan fingerprint density at radius 2 is 1.53 bits per heavy atom. The summed E-state index contributed by atoms with van der Waals surface area (Å²) in [5, 5.41) is 2.12. The van der Waals surface area contributed by atoms with Crippen molar-refractivity contribution in [2.24, 2.45) is 5.92 Å². The van der Waals surface area contributed by atoms with Gasteiger partial charge in [0.2, 0.25) is 17.7 Å². The van der Waals surface area contributed by atoms with Gasteiger partial charge < -0.3 is 14.8 Å². The van der Waals surface area contributed by atoms with Gasteiger partial charge in [-0.3, -0.25) is 23.7 Å². The van der Waals surface area contributed by atoms with E-state index in [1.54, 1.807) is 18.2 Å². The third-order valence-electron chi connectivity index (χ3n) is 7.33. The monoisotopic (exact) mass is 623 g/mol. The van der Waals surface area contributed by atoms with Crippen LogP contribution in [0.2, 0.25) is 0 Å². The lowest BCUT2D eigenvalue weighted by atomic mass is 9.83. The number of halogens is 2. The van der Waals surface area contributed by atoms with E-state index in [4.69, 9.17) is 9.47 Å². The van der Waals surface area contributed by atoms with E-state index >= 15 is 0 Å². The lowest BCUT2D eigenvalue weighted by Gasteiger charge is -2.31. The van der Waals surface area contributed by atoms with E-state index in [0.717, 1.165) is 28.0 Å². The maximum absolute atomic E-state index is 14.0. The molecule has 3 atom stereocenters. The van der Waals surface area contributed by atoms with Crippen LogP contribution < -0.4 is 24.6 Å². The molecule has 2 aliphatic heterocycles. The summed E-state index contributed by atoms with van der Waals surface area (Å²) in [5.41, 5.74) is 1.20. The first-order valence-electron chi connectivity index (χ1n) is 13.0. The van der Waals surface area contributed by atoms with Gasteiger partial charge in [-0.1, -0.05) is 29.2 Å². The zero-order chi connectivity index (χ0) is 30.4. The molecular weight excluding hydrogens is 600 g/mol. The summed E-state index contributed by atoms with van der Waals surface area (Å²) in [6.45, 7) is -0.366. The van der Waals surface area contributed by atoms with Gasteiger partial charge >= 0.3 is 4.87 Å². The van der Waals surface area contributed by atoms with E-state index < -0.39 is 51.3 Å². The predicted octanol–water partition coefficient (Wildman–Crippen LogP) is 4.64. The highest BCUT2D eigenvalue weighted by atomic mass is 32.2. The number of fused-ring (bicyclic) bond motifs is 2. The fourth-order valence-corrected chi connectivity index (χ4v) is 8.16. The minimum absolute atomic E-state index is 0.233. The van der Waals surface area contributed by atoms with E-state index in [2.05, 4.69) is 5.32 Å². The standard InChI is InChI=1S/C30H23F2N3O6S2/c1-40-20-12-3-15(13-21(20)41-2)23-24-25(28(38)35(27(24)37)19-10-6-17(32)7-11-19)42-29-26(23)43-30(39)34(29)14-22(36)33-18-8-4-16(31)5-9-18/h3-13,23-25H,14H2,1-2H3,(H,33,36). The minimum atomic E-state index is -0.927. The Balaban J connectivity index is 1.43. The van der Waals surface area contributed by atoms with Crippen molar-refractivity contribution in [3.8, 4) is 11.5 Å². The summed E-state index contributed by atoms with van der Waals surface area (Å²) in [6.07, 6.45) is 0. The number of nitrogens with one attached hydrogen (secondary N) is 1. The Labute approximate surface area is 252 Å². The number of hydrogen-bond acceptors (Lipinski definition) is 8. The summed E-state index contributed by atoms with van der Waals surface area (Å²) in [4.78, 5) is 55.2. The Bertz CT molecular complexity index is 1810. The van der Waals surface area contributed by atoms with Gasteiger partial charge in [0, 0.05) is 16.5 Å². The molecule has 1 aromatic heterocycles. The Morgan fingerprint density at radius 3 is 2.19 bits per heavy atom. The normalized spacial score (nSPS) is 19.2. The predicted molar refractivity (Wildman–Crippen MR) is 157 cm³/mol. The van der Waals surface area contributed by atoms with Crippen molar-refractivity contribution in [2.75, 3.05) is 24.4 Å². The quantitative estimate of drug-likeness (QED) is 0.299. The molecule has 13 heteroatoms. The van der Waals surface area contributed by atoms with Crippen LogP contribution in [-0.4, -0.2) is 41.8 Å². The first-order valence-corrected chi connectivity index (χ1v) is 14.7. The zero-order valence-electron chi connectivity index (χ0n) is 22.7. The molecule has 3 amide bonds. The van der Waals surface area contributed by atoms with Crippen LogP contribution in [0.15, 0.2) is 76.6 Å². The molecule has 43 heavy (non-hydrogen) atoms. The van der Waals surface area contributed by atoms with Crippen LogP contribution in [0, 0.1) is 17.6 Å². The number of rotatable bonds is 7. The number of amides is 3. The van der Waals surface area contributed by atoms with Crippen LogP contribution in [-0.2, 0) is 20.9 Å². The molecule has 1 fully saturated rings. The Hall–Kier alpha value is -4.49. The van der Waals surface area contributed by atoms with E-state index in [0.29, 0.717) is 32.7 Å². The third-order valence-corrected chi connectivity index (χ3v) is 9.93. The molecular formula is C30H23F2N3O6S2. The van der Waals surface area contributed by atoms with Crippen LogP contribution in [0.25, 0.3) is 0 Å². The van der Waals surface area contributed by atoms with E-state index in [-0.39, 0.29) is 12.2 Å². The zero-order valence-corrected chi connectivity index (χ0v) is 24.3. The van der Waals surface area contributed by atoms with Gasteiger partial charge in [-0.2, -0.15) is 0 Å². The maximum atomic E-state index is 14.0. The lowest BCUT2D eigenvalue weighted by molar-refractivity contribution is -0.122. The van der Waals surface area contributed by atoms with Crippen molar-refractivity contribution in [3.05, 3.63) is 98.5 Å². The molecule has 3 unspecified atom stereocenters. The molecule has 6 rings (SSSR count). The number of aromatic nitrogens is 1. The fourth-order valence-electron chi connectivity index (χ4n) is 5.38. The summed E-state index contributed by atoms with van der Waals surface area (Å²) in [7, 11) is 2.97. The second kappa shape index (κ2) is 11.3. The number of ether oxygens (including phenoxy) is 2. The highest BCUT2D eigenvalue weighted by molar-refractivity contribution is 8.00. The number of anilines is 2. The largest absolute Gasteiger partial charge is 0.493 e. The second-order valence-electron chi connectivity index (χ2n) is 9.82. The van der Waals surface area contributed by atoms with E-state index in [9.17, 15) is 28.0 Å². The molecule has 0 aliphatic carbocycles. The van der Waals surface area contributed by atoms with Gasteiger partial charge in [0.1, 0.15) is 23.4 Å². The lowest BCUT2D eigenvalue weighted by Crippen LogP contribution is -2.33. The van der Waals surface area contributed by atoms with Crippen molar-refractivity contribution in [1.29, 1.82) is 0 Å². The number of imide groups is 1. The van der Waals surface area contributed by atoms with Gasteiger partial charge in [0.25, 0.3) is 0 Å². The minimum Gasteiger partial charge on any atom is -0.493 e. The molecule has 220 valence electrons. The average Bonchev–Trinajstić information content (AvgIpc) is 3.44. The molecule has 0 spiro atoms. The van der Waals surface area contributed by atoms with Gasteiger partial charge in [-0.15, -0.1) is 0 Å². The number of methoxy groups -OCH3 is 2. The van der Waals surface area contributed by atoms with Crippen molar-refractivity contribution in [1.82, 2.24) is 4.57 Å². The maximum Gasteiger partial charge on any atom is 0.308 e. The summed E-state index contributed by atoms with van der Waals surface area (Å²) in [5.74, 6) is -3.27. The SMILES string of the molecule is COc1ccc(C2c3sc(=O)n(CC(=O)Nc4ccc(F)cc4)c3SC3C(=O)N(c4ccc(F)cc4)C(=O)C32)cc1OC. The first-order chi connectivity index (χ1) is 20.7. The summed E-state index contributed by atoms with van der Waals surface area (Å²) < 4.78 is 39.1. The van der Waals surface area contributed by atoms with Gasteiger partial charge in [0.15, 0.2) is 11.5 Å². The highest BCUT2D eigenvalue weighted by Crippen LogP contribution is 2.54. The van der Waals surface area contributed by atoms with Crippen LogP contribution in [0.5, 0.6) is 11.5 Å². The summed E-state index contributed by atoms with van der Waals surface area (Å²) >= 11 is 1.95. The van der Waals surface area contributed by atoms with Crippen LogP contribution >= 0.6 is 23.1 Å². The molecule has 1 saturated heterocycles. The molecule has 0 saturated carbocycles. The number of nitrogens with zero attached hydrogens (tertiary/aromatic N) is 2. The van der Waals surface area contributed by atoms with Gasteiger partial charge in [-0.05, 0) is 66.2 Å². The van der Waals surface area contributed by atoms with Crippen LogP contribution in [0.1, 0.15) is 16.4 Å². The Morgan fingerprint density at radius 1 is 0.884 bits per heavy atom. The van der Waals surface area contributed by atoms with E-state index in [1.165, 1.54) is 67.3 Å². The van der Waals surface area contributed by atoms with E-state index in [1.807, 2.05) is 0 Å². The number of hydrogen-bond donors (Lipinski definition) is 1. The fraction of sp³-hybridized carbons (Fsp3) is 0.200. The molecule has 0 radical (unpaired) electrons. The number of carbonyl (C=O) groups excluding carboxylic acids is 3. The number of carbonyl (C=O) groups is 3. The van der Waals surface area contributed by atoms with Crippen LogP contribution in [0.3, 0.4) is 0 Å². The molecule has 4 aromatic rings. The van der Waals surface area contributed by atoms with Gasteiger partial charge in [0.05, 0.1) is 30.9 Å². The molecule has 2 aliphatic rings. The molecule has 3 aromatic carbocycles. The highest BCUT2D eigenvalue weighted by Gasteiger charge is 2.57. The summed E-state index contributed by atoms with van der Waals surface area (Å²) in [6, 6.07) is 15.4. The smallest absolute Gasteiger partial charge is 0.308 e. The van der Waals surface area contributed by atoms with Crippen molar-refractivity contribution in [2.45, 2.75) is 22.7 Å². The van der Waals surface area contributed by atoms with Gasteiger partial charge in [-0.25, -0.2) is 13.7 Å². The number of thiazole rings is 1. The Kier molecular flexibility index (Phi) is 7.52. The number of benzene rings is 3. The van der Waals surface area contributed by atoms with Crippen molar-refractivity contribution >= 4 is 52.2 Å². The first kappa shape index (κ1) is 28.6. The number of thioether (sulfide) groups is 1. The molecule has 9 nitrogen and oxygen atoms in total. The molecule has 3 heterocycles. The molecule has 1 N–H and O–H groups in total. The second-order valence-corrected chi connectivity index (χ2v) is 11.9. The third kappa shape index (κ3) is 5.08. The molecule has 0 bridgehead atoms. The average molecular weight is 624 g/mol. The van der Waals surface area contributed by atoms with Crippen molar-refractivity contribution in [3.63, 3.8) is 0 Å². The van der Waals surface area contributed by atoms with Crippen LogP contribution in [0.4, 0.5) is 20.2 Å². The van der Waals surface area contributed by atoms with Crippen molar-refractivity contribution < 1.29 is 32.6 Å². The topological polar surface area (TPSA) is 107 Å².